The lowest BCUT2D eigenvalue weighted by Gasteiger charge is -2.33. The summed E-state index contributed by atoms with van der Waals surface area (Å²) < 4.78 is 0. The van der Waals surface area contributed by atoms with Crippen molar-refractivity contribution in [2.24, 2.45) is 17.6 Å². The zero-order chi connectivity index (χ0) is 14.3. The first-order chi connectivity index (χ1) is 9.10. The van der Waals surface area contributed by atoms with Gasteiger partial charge in [0.2, 0.25) is 11.8 Å². The number of piperidine rings is 1. The van der Waals surface area contributed by atoms with Crippen molar-refractivity contribution in [3.63, 3.8) is 0 Å². The van der Waals surface area contributed by atoms with Gasteiger partial charge in [-0.25, -0.2) is 0 Å². The predicted octanol–water partition coefficient (Wildman–Crippen LogP) is 0.299. The summed E-state index contributed by atoms with van der Waals surface area (Å²) in [7, 11) is 0. The third kappa shape index (κ3) is 5.03. The number of carbonyl (C=O) groups excluding carboxylic acids is 2. The minimum absolute atomic E-state index is 0.0282. The maximum atomic E-state index is 12.2. The molecule has 5 nitrogen and oxygen atoms in total. The van der Waals surface area contributed by atoms with Gasteiger partial charge in [0.05, 0.1) is 5.92 Å². The molecule has 2 atom stereocenters. The van der Waals surface area contributed by atoms with Crippen LogP contribution in [0.2, 0.25) is 0 Å². The minimum atomic E-state index is -0.0780. The molecule has 0 saturated carbocycles. The molecule has 0 radical (unpaired) electrons. The van der Waals surface area contributed by atoms with Gasteiger partial charge in [-0.1, -0.05) is 6.92 Å². The van der Waals surface area contributed by atoms with E-state index in [4.69, 9.17) is 5.73 Å². The Kier molecular flexibility index (Phi) is 7.23. The number of nitrogens with one attached hydrogen (secondary N) is 1. The fourth-order valence-electron chi connectivity index (χ4n) is 2.36. The van der Waals surface area contributed by atoms with Gasteiger partial charge in [0.15, 0.2) is 0 Å². The lowest BCUT2D eigenvalue weighted by atomic mass is 9.96. The van der Waals surface area contributed by atoms with Gasteiger partial charge in [-0.2, -0.15) is 11.8 Å². The molecule has 2 amide bonds. The minimum Gasteiger partial charge on any atom is -0.355 e. The second kappa shape index (κ2) is 8.43. The van der Waals surface area contributed by atoms with E-state index >= 15 is 0 Å². The highest BCUT2D eigenvalue weighted by Gasteiger charge is 2.29. The Labute approximate surface area is 119 Å². The fourth-order valence-corrected chi connectivity index (χ4v) is 3.01. The maximum Gasteiger partial charge on any atom is 0.226 e. The first-order valence-corrected chi connectivity index (χ1v) is 8.25. The number of likely N-dealkylation sites (tertiary alicyclic amines) is 1. The van der Waals surface area contributed by atoms with E-state index in [0.717, 1.165) is 25.1 Å². The van der Waals surface area contributed by atoms with Crippen LogP contribution in [0.4, 0.5) is 0 Å². The van der Waals surface area contributed by atoms with Crippen LogP contribution in [-0.2, 0) is 9.59 Å². The van der Waals surface area contributed by atoms with Crippen molar-refractivity contribution in [3.05, 3.63) is 0 Å². The summed E-state index contributed by atoms with van der Waals surface area (Å²) >= 11 is 1.68. The summed E-state index contributed by atoms with van der Waals surface area (Å²) in [6.45, 7) is 4.24. The van der Waals surface area contributed by atoms with Crippen LogP contribution in [0.15, 0.2) is 0 Å². The van der Waals surface area contributed by atoms with Crippen LogP contribution in [0.25, 0.3) is 0 Å². The standard InChI is InChI=1S/C13H25N3O2S/c1-10(9-19-2)13(18)16-7-3-4-11(8-16)12(17)15-6-5-14/h10-11H,3-9,14H2,1-2H3,(H,15,17). The summed E-state index contributed by atoms with van der Waals surface area (Å²) in [5.41, 5.74) is 5.37. The molecule has 0 spiro atoms. The zero-order valence-electron chi connectivity index (χ0n) is 11.9. The highest BCUT2D eigenvalue weighted by atomic mass is 32.2. The molecule has 6 heteroatoms. The summed E-state index contributed by atoms with van der Waals surface area (Å²) in [5, 5.41) is 2.81. The first-order valence-electron chi connectivity index (χ1n) is 6.85. The molecule has 1 rings (SSSR count). The van der Waals surface area contributed by atoms with E-state index in [-0.39, 0.29) is 23.7 Å². The Morgan fingerprint density at radius 2 is 2.26 bits per heavy atom. The van der Waals surface area contributed by atoms with Crippen molar-refractivity contribution in [2.45, 2.75) is 19.8 Å². The maximum absolute atomic E-state index is 12.2. The third-order valence-corrected chi connectivity index (χ3v) is 4.22. The Balaban J connectivity index is 2.49. The van der Waals surface area contributed by atoms with Crippen LogP contribution in [0, 0.1) is 11.8 Å². The van der Waals surface area contributed by atoms with Crippen LogP contribution in [0.5, 0.6) is 0 Å². The molecule has 0 aliphatic carbocycles. The van der Waals surface area contributed by atoms with Crippen molar-refractivity contribution in [1.82, 2.24) is 10.2 Å². The van der Waals surface area contributed by atoms with Gasteiger partial charge in [-0.3, -0.25) is 9.59 Å². The van der Waals surface area contributed by atoms with Crippen molar-refractivity contribution in [3.8, 4) is 0 Å². The average molecular weight is 287 g/mol. The van der Waals surface area contributed by atoms with Crippen LogP contribution in [0.3, 0.4) is 0 Å². The molecule has 2 unspecified atom stereocenters. The first kappa shape index (κ1) is 16.3. The van der Waals surface area contributed by atoms with E-state index in [1.54, 1.807) is 11.8 Å². The number of hydrogen-bond donors (Lipinski definition) is 2. The molecular formula is C13H25N3O2S. The van der Waals surface area contributed by atoms with E-state index in [9.17, 15) is 9.59 Å². The molecule has 1 aliphatic heterocycles. The van der Waals surface area contributed by atoms with Crippen LogP contribution in [-0.4, -0.2) is 54.9 Å². The number of hydrogen-bond acceptors (Lipinski definition) is 4. The number of rotatable bonds is 6. The topological polar surface area (TPSA) is 75.4 Å². The number of thioether (sulfide) groups is 1. The predicted molar refractivity (Wildman–Crippen MR) is 78.9 cm³/mol. The highest BCUT2D eigenvalue weighted by molar-refractivity contribution is 7.98. The molecule has 0 aromatic rings. The SMILES string of the molecule is CSCC(C)C(=O)N1CCCC(C(=O)NCCN)C1. The highest BCUT2D eigenvalue weighted by Crippen LogP contribution is 2.19. The van der Waals surface area contributed by atoms with Crippen LogP contribution >= 0.6 is 11.8 Å². The smallest absolute Gasteiger partial charge is 0.226 e. The Hall–Kier alpha value is -0.750. The molecule has 3 N–H and O–H groups in total. The van der Waals surface area contributed by atoms with E-state index in [1.165, 1.54) is 0 Å². The lowest BCUT2D eigenvalue weighted by molar-refractivity contribution is -0.138. The van der Waals surface area contributed by atoms with E-state index in [1.807, 2.05) is 18.1 Å². The van der Waals surface area contributed by atoms with Gasteiger partial charge in [-0.15, -0.1) is 0 Å². The third-order valence-electron chi connectivity index (χ3n) is 3.39. The van der Waals surface area contributed by atoms with Gasteiger partial charge in [-0.05, 0) is 19.1 Å². The van der Waals surface area contributed by atoms with E-state index < -0.39 is 0 Å². The molecule has 0 aromatic carbocycles. The van der Waals surface area contributed by atoms with Gasteiger partial charge in [0.1, 0.15) is 0 Å². The quantitative estimate of drug-likeness (QED) is 0.737. The van der Waals surface area contributed by atoms with Crippen molar-refractivity contribution >= 4 is 23.6 Å². The lowest BCUT2D eigenvalue weighted by Crippen LogP contribution is -2.47. The van der Waals surface area contributed by atoms with Crippen LogP contribution < -0.4 is 11.1 Å². The summed E-state index contributed by atoms with van der Waals surface area (Å²) in [6, 6.07) is 0. The second-order valence-corrected chi connectivity index (χ2v) is 5.97. The molecule has 1 heterocycles. The van der Waals surface area contributed by atoms with Crippen LogP contribution in [0.1, 0.15) is 19.8 Å². The Bertz CT molecular complexity index is 312. The summed E-state index contributed by atoms with van der Waals surface area (Å²) in [5.74, 6) is 0.983. The Morgan fingerprint density at radius 3 is 2.89 bits per heavy atom. The molecule has 1 fully saturated rings. The summed E-state index contributed by atoms with van der Waals surface area (Å²) in [6.07, 6.45) is 3.76. The van der Waals surface area contributed by atoms with Crippen molar-refractivity contribution < 1.29 is 9.59 Å². The molecule has 110 valence electrons. The van der Waals surface area contributed by atoms with E-state index in [2.05, 4.69) is 5.32 Å². The monoisotopic (exact) mass is 287 g/mol. The van der Waals surface area contributed by atoms with Gasteiger partial charge in [0.25, 0.3) is 0 Å². The molecule has 0 aromatic heterocycles. The number of nitrogens with two attached hydrogens (primary N) is 1. The zero-order valence-corrected chi connectivity index (χ0v) is 12.7. The number of amides is 2. The molecule has 19 heavy (non-hydrogen) atoms. The van der Waals surface area contributed by atoms with Crippen molar-refractivity contribution in [1.29, 1.82) is 0 Å². The average Bonchev–Trinajstić information content (AvgIpc) is 2.44. The largest absolute Gasteiger partial charge is 0.355 e. The normalized spacial score (nSPS) is 21.0. The molecule has 0 bridgehead atoms. The van der Waals surface area contributed by atoms with Gasteiger partial charge < -0.3 is 16.0 Å². The van der Waals surface area contributed by atoms with E-state index in [0.29, 0.717) is 19.6 Å². The van der Waals surface area contributed by atoms with Gasteiger partial charge in [0, 0.05) is 37.8 Å². The number of nitrogens with zero attached hydrogens (tertiary/aromatic N) is 1. The fraction of sp³-hybridized carbons (Fsp3) is 0.846. The van der Waals surface area contributed by atoms with Crippen molar-refractivity contribution in [2.75, 3.05) is 38.2 Å². The molecule has 1 aliphatic rings. The molecule has 1 saturated heterocycles. The van der Waals surface area contributed by atoms with Gasteiger partial charge >= 0.3 is 0 Å². The second-order valence-electron chi connectivity index (χ2n) is 5.06. The molecular weight excluding hydrogens is 262 g/mol. The Morgan fingerprint density at radius 1 is 1.53 bits per heavy atom. The number of carbonyl (C=O) groups is 2. The summed E-state index contributed by atoms with van der Waals surface area (Å²) in [4.78, 5) is 26.0.